The fraction of sp³-hybridized carbons (Fsp3) is 0.517. The van der Waals surface area contributed by atoms with Crippen LogP contribution in [0.1, 0.15) is 47.4 Å². The first-order valence-electron chi connectivity index (χ1n) is 13.0. The maximum atomic E-state index is 13.6. The van der Waals surface area contributed by atoms with Crippen LogP contribution in [0.15, 0.2) is 42.5 Å². The molecule has 37 heavy (non-hydrogen) atoms. The monoisotopic (exact) mass is 509 g/mol. The number of nitrogens with zero attached hydrogens (tertiary/aromatic N) is 2. The minimum atomic E-state index is -0.286. The van der Waals surface area contributed by atoms with Crippen molar-refractivity contribution in [3.05, 3.63) is 53.6 Å². The molecule has 0 radical (unpaired) electrons. The molecular formula is C29H39N3O5. The van der Waals surface area contributed by atoms with Crippen LogP contribution in [0.4, 0.5) is 5.69 Å². The Morgan fingerprint density at radius 1 is 1.11 bits per heavy atom. The van der Waals surface area contributed by atoms with E-state index in [1.165, 1.54) is 12.8 Å². The van der Waals surface area contributed by atoms with Gasteiger partial charge in [0.25, 0.3) is 11.8 Å². The van der Waals surface area contributed by atoms with Crippen LogP contribution in [0.5, 0.6) is 11.5 Å². The van der Waals surface area contributed by atoms with Gasteiger partial charge < -0.3 is 24.4 Å². The molecule has 1 aliphatic carbocycles. The van der Waals surface area contributed by atoms with Gasteiger partial charge in [-0.05, 0) is 68.0 Å². The van der Waals surface area contributed by atoms with Gasteiger partial charge in [0.2, 0.25) is 0 Å². The number of anilines is 1. The molecule has 1 saturated carbocycles. The van der Waals surface area contributed by atoms with Crippen LogP contribution in [-0.4, -0.2) is 81.3 Å². The first kappa shape index (κ1) is 26.9. The first-order chi connectivity index (χ1) is 17.8. The van der Waals surface area contributed by atoms with Crippen LogP contribution < -0.4 is 14.8 Å². The van der Waals surface area contributed by atoms with Gasteiger partial charge in [0, 0.05) is 51.1 Å². The van der Waals surface area contributed by atoms with Crippen molar-refractivity contribution < 1.29 is 23.8 Å². The number of fused-ring (bicyclic) bond motifs is 1. The minimum absolute atomic E-state index is 0.0948. The van der Waals surface area contributed by atoms with Crippen molar-refractivity contribution in [3.8, 4) is 11.5 Å². The van der Waals surface area contributed by atoms with Gasteiger partial charge in [-0.15, -0.1) is 0 Å². The highest BCUT2D eigenvalue weighted by Crippen LogP contribution is 2.32. The van der Waals surface area contributed by atoms with Gasteiger partial charge in [0.05, 0.1) is 18.8 Å². The molecule has 2 amide bonds. The predicted molar refractivity (Wildman–Crippen MR) is 144 cm³/mol. The van der Waals surface area contributed by atoms with E-state index in [1.54, 1.807) is 68.6 Å². The highest BCUT2D eigenvalue weighted by atomic mass is 16.5. The number of ether oxygens (including phenoxy) is 3. The average Bonchev–Trinajstić information content (AvgIpc) is 3.73. The lowest BCUT2D eigenvalue weighted by atomic mass is 10.0. The number of benzene rings is 2. The topological polar surface area (TPSA) is 80.3 Å². The summed E-state index contributed by atoms with van der Waals surface area (Å²) in [7, 11) is 5.05. The van der Waals surface area contributed by atoms with Crippen molar-refractivity contribution >= 4 is 17.5 Å². The zero-order chi connectivity index (χ0) is 26.5. The number of hydrogen-bond donors (Lipinski definition) is 1. The fourth-order valence-corrected chi connectivity index (χ4v) is 4.78. The van der Waals surface area contributed by atoms with E-state index in [1.807, 2.05) is 0 Å². The van der Waals surface area contributed by atoms with Gasteiger partial charge in [-0.1, -0.05) is 13.0 Å². The summed E-state index contributed by atoms with van der Waals surface area (Å²) in [5, 5.41) is 2.90. The number of amides is 2. The average molecular weight is 510 g/mol. The number of carbonyl (C=O) groups is 2. The van der Waals surface area contributed by atoms with Crippen molar-refractivity contribution in [1.82, 2.24) is 9.80 Å². The molecule has 1 aliphatic heterocycles. The SMILES string of the molecule is COc1cccc(C(=O)Nc2ccc3c(c2)C(=O)N(C)C[C@H](OC)[C@@H](C)CN(CC2CC2)[C@@H](C)CO3)c1. The Balaban J connectivity index is 1.60. The van der Waals surface area contributed by atoms with Crippen LogP contribution in [-0.2, 0) is 4.74 Å². The fourth-order valence-electron chi connectivity index (χ4n) is 4.78. The summed E-state index contributed by atoms with van der Waals surface area (Å²) < 4.78 is 17.3. The molecule has 8 heteroatoms. The van der Waals surface area contributed by atoms with E-state index in [4.69, 9.17) is 14.2 Å². The van der Waals surface area contributed by atoms with Crippen LogP contribution in [0.25, 0.3) is 0 Å². The van der Waals surface area contributed by atoms with Crippen LogP contribution in [0.2, 0.25) is 0 Å². The predicted octanol–water partition coefficient (Wildman–Crippen LogP) is 4.16. The summed E-state index contributed by atoms with van der Waals surface area (Å²) in [5.74, 6) is 1.65. The summed E-state index contributed by atoms with van der Waals surface area (Å²) >= 11 is 0. The first-order valence-corrected chi connectivity index (χ1v) is 13.0. The second-order valence-corrected chi connectivity index (χ2v) is 10.4. The molecule has 1 heterocycles. The number of methoxy groups -OCH3 is 2. The lowest BCUT2D eigenvalue weighted by molar-refractivity contribution is 0.00994. The molecule has 8 nitrogen and oxygen atoms in total. The van der Waals surface area contributed by atoms with Gasteiger partial charge in [-0.3, -0.25) is 14.5 Å². The number of likely N-dealkylation sites (N-methyl/N-ethyl adjacent to an activating group) is 1. The van der Waals surface area contributed by atoms with E-state index in [0.29, 0.717) is 41.5 Å². The van der Waals surface area contributed by atoms with Crippen molar-refractivity contribution in [2.45, 2.75) is 38.8 Å². The molecule has 0 spiro atoms. The van der Waals surface area contributed by atoms with E-state index in [9.17, 15) is 9.59 Å². The minimum Gasteiger partial charge on any atom is -0.497 e. The second-order valence-electron chi connectivity index (χ2n) is 10.4. The third kappa shape index (κ3) is 6.81. The number of carbonyl (C=O) groups excluding carboxylic acids is 2. The maximum Gasteiger partial charge on any atom is 0.257 e. The van der Waals surface area contributed by atoms with E-state index in [-0.39, 0.29) is 29.9 Å². The summed E-state index contributed by atoms with van der Waals surface area (Å²) in [6.45, 7) is 7.25. The van der Waals surface area contributed by atoms with Crippen molar-refractivity contribution in [3.63, 3.8) is 0 Å². The molecule has 1 fully saturated rings. The number of rotatable bonds is 6. The van der Waals surface area contributed by atoms with Gasteiger partial charge in [-0.25, -0.2) is 0 Å². The van der Waals surface area contributed by atoms with Gasteiger partial charge in [0.15, 0.2) is 0 Å². The Labute approximate surface area is 219 Å². The number of nitrogens with one attached hydrogen (secondary N) is 1. The Hall–Kier alpha value is -3.10. The van der Waals surface area contributed by atoms with Crippen LogP contribution in [0.3, 0.4) is 0 Å². The molecule has 2 aliphatic rings. The van der Waals surface area contributed by atoms with E-state index in [0.717, 1.165) is 19.0 Å². The Kier molecular flexibility index (Phi) is 8.71. The molecular weight excluding hydrogens is 470 g/mol. The largest absolute Gasteiger partial charge is 0.497 e. The molecule has 4 rings (SSSR count). The molecule has 0 saturated heterocycles. The lowest BCUT2D eigenvalue weighted by Gasteiger charge is -2.36. The van der Waals surface area contributed by atoms with Crippen LogP contribution in [0, 0.1) is 11.8 Å². The second kappa shape index (κ2) is 12.0. The Morgan fingerprint density at radius 3 is 2.59 bits per heavy atom. The third-order valence-corrected chi connectivity index (χ3v) is 7.35. The van der Waals surface area contributed by atoms with Crippen molar-refractivity contribution in [2.75, 3.05) is 52.8 Å². The van der Waals surface area contributed by atoms with Gasteiger partial charge >= 0.3 is 0 Å². The zero-order valence-corrected chi connectivity index (χ0v) is 22.5. The number of hydrogen-bond acceptors (Lipinski definition) is 6. The molecule has 3 atom stereocenters. The molecule has 200 valence electrons. The quantitative estimate of drug-likeness (QED) is 0.630. The smallest absolute Gasteiger partial charge is 0.257 e. The highest BCUT2D eigenvalue weighted by Gasteiger charge is 2.31. The van der Waals surface area contributed by atoms with Crippen molar-refractivity contribution in [1.29, 1.82) is 0 Å². The van der Waals surface area contributed by atoms with Gasteiger partial charge in [0.1, 0.15) is 18.1 Å². The summed E-state index contributed by atoms with van der Waals surface area (Å²) in [6.07, 6.45) is 2.48. The molecule has 2 aromatic carbocycles. The summed E-state index contributed by atoms with van der Waals surface area (Å²) in [5.41, 5.74) is 1.40. The molecule has 2 aromatic rings. The van der Waals surface area contributed by atoms with Crippen LogP contribution >= 0.6 is 0 Å². The standard InChI is InChI=1S/C29H39N3O5/c1-19-15-32(16-21-9-10-21)20(2)18-37-26-12-11-23(14-25(26)29(34)31(3)17-27(19)36-5)30-28(33)22-7-6-8-24(13-22)35-4/h6-8,11-14,19-21,27H,9-10,15-18H2,1-5H3,(H,30,33)/t19-,20-,27-/m0/s1. The molecule has 1 N–H and O–H groups in total. The van der Waals surface area contributed by atoms with Crippen molar-refractivity contribution in [2.24, 2.45) is 11.8 Å². The van der Waals surface area contributed by atoms with E-state index in [2.05, 4.69) is 24.1 Å². The van der Waals surface area contributed by atoms with E-state index < -0.39 is 0 Å². The Morgan fingerprint density at radius 2 is 1.89 bits per heavy atom. The molecule has 0 bridgehead atoms. The molecule has 0 aromatic heterocycles. The third-order valence-electron chi connectivity index (χ3n) is 7.35. The lowest BCUT2D eigenvalue weighted by Crippen LogP contribution is -2.47. The van der Waals surface area contributed by atoms with E-state index >= 15 is 0 Å². The maximum absolute atomic E-state index is 13.6. The normalized spacial score (nSPS) is 23.3. The van der Waals surface area contributed by atoms with Gasteiger partial charge in [-0.2, -0.15) is 0 Å². The zero-order valence-electron chi connectivity index (χ0n) is 22.5. The molecule has 0 unspecified atom stereocenters. The summed E-state index contributed by atoms with van der Waals surface area (Å²) in [6, 6.07) is 12.3. The summed E-state index contributed by atoms with van der Waals surface area (Å²) in [4.78, 5) is 30.6. The highest BCUT2D eigenvalue weighted by molar-refractivity contribution is 6.05. The Bertz CT molecular complexity index is 1100.